The van der Waals surface area contributed by atoms with Crippen molar-refractivity contribution in [2.45, 2.75) is 37.6 Å². The lowest BCUT2D eigenvalue weighted by Crippen LogP contribution is -2.57. The van der Waals surface area contributed by atoms with E-state index in [1.165, 1.54) is 16.8 Å². The molecule has 2 N–H and O–H groups in total. The molecular weight excluding hydrogens is 366 g/mol. The van der Waals surface area contributed by atoms with Gasteiger partial charge in [0.25, 0.3) is 5.91 Å². The average Bonchev–Trinajstić information content (AvgIpc) is 3.32. The lowest BCUT2D eigenvalue weighted by atomic mass is 9.88. The van der Waals surface area contributed by atoms with E-state index in [9.17, 15) is 13.6 Å². The predicted octanol–water partition coefficient (Wildman–Crippen LogP) is 2.22. The molecule has 2 aliphatic rings. The third-order valence-corrected chi connectivity index (χ3v) is 6.11. The van der Waals surface area contributed by atoms with Gasteiger partial charge < -0.3 is 15.4 Å². The molecule has 1 aromatic carbocycles. The monoisotopic (exact) mass is 390 g/mol. The summed E-state index contributed by atoms with van der Waals surface area (Å²) in [5.74, 6) is -2.13. The summed E-state index contributed by atoms with van der Waals surface area (Å²) in [6.07, 6.45) is 3.54. The molecule has 0 saturated carbocycles. The average molecular weight is 390 g/mol. The van der Waals surface area contributed by atoms with Crippen molar-refractivity contribution < 1.29 is 18.3 Å². The minimum atomic E-state index is -0.963. The van der Waals surface area contributed by atoms with Crippen LogP contribution in [0.3, 0.4) is 0 Å². The van der Waals surface area contributed by atoms with Crippen LogP contribution in [0.15, 0.2) is 18.2 Å². The van der Waals surface area contributed by atoms with Gasteiger partial charge in [-0.1, -0.05) is 6.07 Å². The topological polar surface area (TPSA) is 73.4 Å². The standard InChI is InChI=1S/C20H24F2N4O2/c1-25(20(12-23)8-10-28-11-9-20)19(27)18-13-4-2-6-15(13)26(24-18)16-7-3-5-14(21)17(16)22/h3,5,7H,2,4,6,8-12,23H2,1H3. The number of hydrogen-bond donors (Lipinski definition) is 1. The molecule has 1 saturated heterocycles. The molecule has 0 spiro atoms. The second-order valence-corrected chi connectivity index (χ2v) is 7.52. The van der Waals surface area contributed by atoms with Crippen molar-refractivity contribution in [3.63, 3.8) is 0 Å². The zero-order valence-electron chi connectivity index (χ0n) is 15.9. The number of carbonyl (C=O) groups excluding carboxylic acids is 1. The first-order chi connectivity index (χ1) is 13.5. The summed E-state index contributed by atoms with van der Waals surface area (Å²) in [5.41, 5.74) is 7.48. The summed E-state index contributed by atoms with van der Waals surface area (Å²) in [5, 5.41) is 4.43. The van der Waals surface area contributed by atoms with Gasteiger partial charge in [-0.05, 0) is 44.2 Å². The lowest BCUT2D eigenvalue weighted by Gasteiger charge is -2.43. The molecule has 28 heavy (non-hydrogen) atoms. The van der Waals surface area contributed by atoms with E-state index in [0.717, 1.165) is 23.7 Å². The molecule has 1 aromatic heterocycles. The second-order valence-electron chi connectivity index (χ2n) is 7.52. The van der Waals surface area contributed by atoms with Gasteiger partial charge in [0.15, 0.2) is 17.3 Å². The molecule has 0 bridgehead atoms. The number of ether oxygens (including phenoxy) is 1. The number of hydrogen-bond acceptors (Lipinski definition) is 4. The molecule has 1 aliphatic carbocycles. The Morgan fingerprint density at radius 3 is 2.79 bits per heavy atom. The fourth-order valence-corrected chi connectivity index (χ4v) is 4.27. The van der Waals surface area contributed by atoms with Gasteiger partial charge in [-0.3, -0.25) is 4.79 Å². The van der Waals surface area contributed by atoms with Crippen molar-refractivity contribution in [3.05, 3.63) is 46.8 Å². The summed E-state index contributed by atoms with van der Waals surface area (Å²) in [6.45, 7) is 1.44. The van der Waals surface area contributed by atoms with Crippen LogP contribution in [-0.2, 0) is 17.6 Å². The summed E-state index contributed by atoms with van der Waals surface area (Å²) < 4.78 is 34.9. The van der Waals surface area contributed by atoms with Crippen LogP contribution in [0.4, 0.5) is 8.78 Å². The number of benzene rings is 1. The number of fused-ring (bicyclic) bond motifs is 1. The fourth-order valence-electron chi connectivity index (χ4n) is 4.27. The maximum atomic E-state index is 14.4. The van der Waals surface area contributed by atoms with Crippen LogP contribution in [0.2, 0.25) is 0 Å². The predicted molar refractivity (Wildman–Crippen MR) is 99.4 cm³/mol. The van der Waals surface area contributed by atoms with Gasteiger partial charge in [0.2, 0.25) is 0 Å². The van der Waals surface area contributed by atoms with Gasteiger partial charge in [-0.25, -0.2) is 13.5 Å². The molecule has 6 nitrogen and oxygen atoms in total. The van der Waals surface area contributed by atoms with Crippen LogP contribution < -0.4 is 5.73 Å². The Balaban J connectivity index is 1.75. The number of aromatic nitrogens is 2. The highest BCUT2D eigenvalue weighted by Gasteiger charge is 2.40. The van der Waals surface area contributed by atoms with Crippen LogP contribution in [-0.4, -0.2) is 52.9 Å². The van der Waals surface area contributed by atoms with E-state index in [4.69, 9.17) is 10.5 Å². The fraction of sp³-hybridized carbons (Fsp3) is 0.500. The van der Waals surface area contributed by atoms with E-state index in [-0.39, 0.29) is 11.6 Å². The zero-order valence-corrected chi connectivity index (χ0v) is 15.9. The zero-order chi connectivity index (χ0) is 19.9. The molecule has 2 aromatic rings. The minimum absolute atomic E-state index is 0.0273. The van der Waals surface area contributed by atoms with Gasteiger partial charge in [0.1, 0.15) is 5.69 Å². The van der Waals surface area contributed by atoms with E-state index >= 15 is 0 Å². The largest absolute Gasteiger partial charge is 0.381 e. The summed E-state index contributed by atoms with van der Waals surface area (Å²) >= 11 is 0. The van der Waals surface area contributed by atoms with Crippen molar-refractivity contribution in [1.82, 2.24) is 14.7 Å². The Bertz CT molecular complexity index is 906. The highest BCUT2D eigenvalue weighted by molar-refractivity contribution is 5.94. The molecule has 2 heterocycles. The molecule has 4 rings (SSSR count). The number of nitrogens with zero attached hydrogens (tertiary/aromatic N) is 3. The number of carbonyl (C=O) groups is 1. The third kappa shape index (κ3) is 2.91. The second kappa shape index (κ2) is 7.25. The SMILES string of the molecule is CN(C(=O)c1nn(-c2cccc(F)c2F)c2c1CCC2)C1(CN)CCOCC1. The number of nitrogens with two attached hydrogens (primary N) is 1. The third-order valence-electron chi connectivity index (χ3n) is 6.11. The Kier molecular flexibility index (Phi) is 4.93. The van der Waals surface area contributed by atoms with E-state index < -0.39 is 17.2 Å². The van der Waals surface area contributed by atoms with Crippen molar-refractivity contribution >= 4 is 5.91 Å². The van der Waals surface area contributed by atoms with Gasteiger partial charge >= 0.3 is 0 Å². The Hall–Kier alpha value is -2.32. The highest BCUT2D eigenvalue weighted by atomic mass is 19.2. The van der Waals surface area contributed by atoms with Crippen LogP contribution in [0.25, 0.3) is 5.69 Å². The van der Waals surface area contributed by atoms with Gasteiger partial charge in [-0.15, -0.1) is 0 Å². The van der Waals surface area contributed by atoms with Crippen LogP contribution in [0.5, 0.6) is 0 Å². The lowest BCUT2D eigenvalue weighted by molar-refractivity contribution is -0.00745. The maximum absolute atomic E-state index is 14.4. The Labute approximate surface area is 162 Å². The quantitative estimate of drug-likeness (QED) is 0.869. The molecule has 150 valence electrons. The first-order valence-corrected chi connectivity index (χ1v) is 9.59. The molecule has 1 aliphatic heterocycles. The van der Waals surface area contributed by atoms with E-state index in [1.54, 1.807) is 11.9 Å². The summed E-state index contributed by atoms with van der Waals surface area (Å²) in [6, 6.07) is 3.98. The van der Waals surface area contributed by atoms with Crippen LogP contribution in [0, 0.1) is 11.6 Å². The molecule has 0 unspecified atom stereocenters. The van der Waals surface area contributed by atoms with Crippen molar-refractivity contribution in [1.29, 1.82) is 0 Å². The summed E-state index contributed by atoms with van der Waals surface area (Å²) in [7, 11) is 1.74. The summed E-state index contributed by atoms with van der Waals surface area (Å²) in [4.78, 5) is 15.0. The molecule has 0 radical (unpaired) electrons. The molecule has 1 amide bonds. The maximum Gasteiger partial charge on any atom is 0.274 e. The van der Waals surface area contributed by atoms with E-state index in [1.807, 2.05) is 0 Å². The van der Waals surface area contributed by atoms with E-state index in [2.05, 4.69) is 5.10 Å². The van der Waals surface area contributed by atoms with Gasteiger partial charge in [0, 0.05) is 38.1 Å². The number of likely N-dealkylation sites (N-methyl/N-ethyl adjacent to an activating group) is 1. The molecule has 8 heteroatoms. The van der Waals surface area contributed by atoms with Crippen LogP contribution in [0.1, 0.15) is 41.0 Å². The number of halogens is 2. The van der Waals surface area contributed by atoms with E-state index in [0.29, 0.717) is 51.1 Å². The molecule has 1 fully saturated rings. The van der Waals surface area contributed by atoms with Crippen LogP contribution >= 0.6 is 0 Å². The first-order valence-electron chi connectivity index (χ1n) is 9.59. The van der Waals surface area contributed by atoms with Gasteiger partial charge in [0.05, 0.1) is 5.54 Å². The van der Waals surface area contributed by atoms with Crippen molar-refractivity contribution in [2.75, 3.05) is 26.8 Å². The normalized spacial score (nSPS) is 18.1. The smallest absolute Gasteiger partial charge is 0.274 e. The minimum Gasteiger partial charge on any atom is -0.381 e. The number of rotatable bonds is 4. The number of amides is 1. The Morgan fingerprint density at radius 1 is 1.32 bits per heavy atom. The highest BCUT2D eigenvalue weighted by Crippen LogP contribution is 2.32. The Morgan fingerprint density at radius 2 is 2.07 bits per heavy atom. The van der Waals surface area contributed by atoms with Crippen molar-refractivity contribution in [2.24, 2.45) is 5.73 Å². The van der Waals surface area contributed by atoms with Crippen molar-refractivity contribution in [3.8, 4) is 5.69 Å². The molecule has 0 atom stereocenters. The van der Waals surface area contributed by atoms with Gasteiger partial charge in [-0.2, -0.15) is 5.10 Å². The molecular formula is C20H24F2N4O2. The first kappa shape index (κ1) is 19.0.